The van der Waals surface area contributed by atoms with E-state index in [2.05, 4.69) is 54.0 Å². The summed E-state index contributed by atoms with van der Waals surface area (Å²) in [6, 6.07) is 29.0. The number of hydrogen-bond donors (Lipinski definition) is 1. The smallest absolute Gasteiger partial charge is 0.224 e. The SMILES string of the molecule is CSCc1c(-c2ccccc2)nc2ccccc2c1CC(=O)NC(c1ccccc1)C1CC1. The van der Waals surface area contributed by atoms with E-state index in [0.717, 1.165) is 39.0 Å². The lowest BCUT2D eigenvalue weighted by atomic mass is 9.95. The zero-order valence-corrected chi connectivity index (χ0v) is 19.6. The molecule has 0 bridgehead atoms. The highest BCUT2D eigenvalue weighted by Gasteiger charge is 2.33. The summed E-state index contributed by atoms with van der Waals surface area (Å²) in [5, 5.41) is 4.44. The van der Waals surface area contributed by atoms with E-state index in [0.29, 0.717) is 12.3 Å². The first kappa shape index (κ1) is 21.7. The van der Waals surface area contributed by atoms with Gasteiger partial charge in [0, 0.05) is 16.7 Å². The molecule has 0 spiro atoms. The minimum absolute atomic E-state index is 0.0773. The van der Waals surface area contributed by atoms with Crippen LogP contribution in [0.15, 0.2) is 84.9 Å². The molecule has 1 aromatic heterocycles. The quantitative estimate of drug-likeness (QED) is 0.328. The summed E-state index contributed by atoms with van der Waals surface area (Å²) in [6.45, 7) is 0. The van der Waals surface area contributed by atoms with Gasteiger partial charge in [0.15, 0.2) is 0 Å². The van der Waals surface area contributed by atoms with Crippen molar-refractivity contribution in [2.24, 2.45) is 5.92 Å². The molecule has 4 aromatic rings. The van der Waals surface area contributed by atoms with Gasteiger partial charge in [-0.05, 0) is 47.8 Å². The largest absolute Gasteiger partial charge is 0.349 e. The van der Waals surface area contributed by atoms with Crippen LogP contribution in [-0.2, 0) is 17.0 Å². The Kier molecular flexibility index (Phi) is 6.45. The summed E-state index contributed by atoms with van der Waals surface area (Å²) in [7, 11) is 0. The number of benzene rings is 3. The maximum atomic E-state index is 13.4. The van der Waals surface area contributed by atoms with Gasteiger partial charge in [-0.2, -0.15) is 11.8 Å². The van der Waals surface area contributed by atoms with Crippen LogP contribution in [0.3, 0.4) is 0 Å². The first-order chi connectivity index (χ1) is 16.2. The molecule has 166 valence electrons. The van der Waals surface area contributed by atoms with E-state index < -0.39 is 0 Å². The lowest BCUT2D eigenvalue weighted by Gasteiger charge is -2.21. The van der Waals surface area contributed by atoms with Gasteiger partial charge in [-0.3, -0.25) is 4.79 Å². The molecule has 5 rings (SSSR count). The molecule has 1 heterocycles. The van der Waals surface area contributed by atoms with E-state index in [4.69, 9.17) is 4.98 Å². The van der Waals surface area contributed by atoms with Crippen molar-refractivity contribution in [3.8, 4) is 11.3 Å². The Morgan fingerprint density at radius 2 is 1.61 bits per heavy atom. The number of fused-ring (bicyclic) bond motifs is 1. The first-order valence-electron chi connectivity index (χ1n) is 11.5. The van der Waals surface area contributed by atoms with Crippen molar-refractivity contribution in [2.75, 3.05) is 6.26 Å². The number of amides is 1. The van der Waals surface area contributed by atoms with E-state index in [-0.39, 0.29) is 11.9 Å². The van der Waals surface area contributed by atoms with Crippen LogP contribution in [0.25, 0.3) is 22.2 Å². The molecule has 1 saturated carbocycles. The second-order valence-corrected chi connectivity index (χ2v) is 9.57. The van der Waals surface area contributed by atoms with Crippen LogP contribution in [0, 0.1) is 5.92 Å². The number of thioether (sulfide) groups is 1. The normalized spacial score (nSPS) is 14.2. The minimum atomic E-state index is 0.0773. The number of pyridine rings is 1. The number of hydrogen-bond acceptors (Lipinski definition) is 3. The van der Waals surface area contributed by atoms with Crippen LogP contribution in [-0.4, -0.2) is 17.1 Å². The number of nitrogens with one attached hydrogen (secondary N) is 1. The Balaban J connectivity index is 1.54. The monoisotopic (exact) mass is 452 g/mol. The molecule has 3 aromatic carbocycles. The highest BCUT2D eigenvalue weighted by atomic mass is 32.2. The summed E-state index contributed by atoms with van der Waals surface area (Å²) in [4.78, 5) is 18.5. The van der Waals surface area contributed by atoms with Crippen molar-refractivity contribution in [3.05, 3.63) is 102 Å². The van der Waals surface area contributed by atoms with E-state index in [1.54, 1.807) is 11.8 Å². The van der Waals surface area contributed by atoms with Gasteiger partial charge >= 0.3 is 0 Å². The molecular formula is C29H28N2OS. The van der Waals surface area contributed by atoms with Crippen LogP contribution >= 0.6 is 11.8 Å². The summed E-state index contributed by atoms with van der Waals surface area (Å²) in [5.41, 5.74) is 6.45. The summed E-state index contributed by atoms with van der Waals surface area (Å²) >= 11 is 1.77. The van der Waals surface area contributed by atoms with Gasteiger partial charge in [-0.1, -0.05) is 78.9 Å². The molecule has 1 aliphatic rings. The molecule has 0 saturated heterocycles. The van der Waals surface area contributed by atoms with Gasteiger partial charge in [0.2, 0.25) is 5.91 Å². The minimum Gasteiger partial charge on any atom is -0.349 e. The average Bonchev–Trinajstić information content (AvgIpc) is 3.70. The Labute approximate surface area is 199 Å². The van der Waals surface area contributed by atoms with Crippen molar-refractivity contribution in [1.82, 2.24) is 10.3 Å². The molecule has 1 N–H and O–H groups in total. The molecule has 1 aliphatic carbocycles. The van der Waals surface area contributed by atoms with Crippen LogP contribution < -0.4 is 5.32 Å². The maximum absolute atomic E-state index is 13.4. The third kappa shape index (κ3) is 4.81. The number of carbonyl (C=O) groups is 1. The molecule has 1 amide bonds. The lowest BCUT2D eigenvalue weighted by molar-refractivity contribution is -0.121. The fraction of sp³-hybridized carbons (Fsp3) is 0.241. The van der Waals surface area contributed by atoms with Crippen LogP contribution in [0.1, 0.15) is 35.6 Å². The Morgan fingerprint density at radius 3 is 2.30 bits per heavy atom. The van der Waals surface area contributed by atoms with Crippen molar-refractivity contribution >= 4 is 28.6 Å². The van der Waals surface area contributed by atoms with Crippen molar-refractivity contribution in [2.45, 2.75) is 31.1 Å². The number of rotatable bonds is 8. The molecule has 0 radical (unpaired) electrons. The van der Waals surface area contributed by atoms with Gasteiger partial charge in [0.05, 0.1) is 23.7 Å². The lowest BCUT2D eigenvalue weighted by Crippen LogP contribution is -2.31. The van der Waals surface area contributed by atoms with Gasteiger partial charge < -0.3 is 5.32 Å². The van der Waals surface area contributed by atoms with Crippen LogP contribution in [0.2, 0.25) is 0 Å². The third-order valence-corrected chi connectivity index (χ3v) is 6.93. The average molecular weight is 453 g/mol. The van der Waals surface area contributed by atoms with E-state index >= 15 is 0 Å². The summed E-state index contributed by atoms with van der Waals surface area (Å²) < 4.78 is 0. The number of nitrogens with zero attached hydrogens (tertiary/aromatic N) is 1. The molecule has 1 unspecified atom stereocenters. The fourth-order valence-electron chi connectivity index (χ4n) is 4.60. The Morgan fingerprint density at radius 1 is 0.939 bits per heavy atom. The number of aromatic nitrogens is 1. The van der Waals surface area contributed by atoms with Gasteiger partial charge in [-0.15, -0.1) is 0 Å². The zero-order chi connectivity index (χ0) is 22.6. The van der Waals surface area contributed by atoms with Crippen LogP contribution in [0.5, 0.6) is 0 Å². The van der Waals surface area contributed by atoms with Crippen molar-refractivity contribution in [1.29, 1.82) is 0 Å². The predicted octanol–water partition coefficient (Wildman–Crippen LogP) is 6.57. The zero-order valence-electron chi connectivity index (χ0n) is 18.8. The Bertz CT molecular complexity index is 1250. The van der Waals surface area contributed by atoms with Crippen molar-refractivity contribution < 1.29 is 4.79 Å². The molecular weight excluding hydrogens is 424 g/mol. The number of carbonyl (C=O) groups excluding carboxylic acids is 1. The van der Waals surface area contributed by atoms with E-state index in [1.807, 2.05) is 42.5 Å². The summed E-state index contributed by atoms with van der Waals surface area (Å²) in [6.07, 6.45) is 4.81. The molecule has 1 fully saturated rings. The molecule has 3 nitrogen and oxygen atoms in total. The van der Waals surface area contributed by atoms with Gasteiger partial charge in [0.1, 0.15) is 0 Å². The van der Waals surface area contributed by atoms with E-state index in [1.165, 1.54) is 18.4 Å². The predicted molar refractivity (Wildman–Crippen MR) is 138 cm³/mol. The second-order valence-electron chi connectivity index (χ2n) is 8.70. The molecule has 33 heavy (non-hydrogen) atoms. The first-order valence-corrected chi connectivity index (χ1v) is 12.9. The molecule has 1 atom stereocenters. The molecule has 4 heteroatoms. The van der Waals surface area contributed by atoms with Gasteiger partial charge in [-0.25, -0.2) is 4.98 Å². The fourth-order valence-corrected chi connectivity index (χ4v) is 5.20. The van der Waals surface area contributed by atoms with Gasteiger partial charge in [0.25, 0.3) is 0 Å². The number of para-hydroxylation sites is 1. The maximum Gasteiger partial charge on any atom is 0.224 e. The second kappa shape index (κ2) is 9.80. The Hall–Kier alpha value is -3.11. The standard InChI is InChI=1S/C29H28N2OS/c1-33-19-25-24(18-27(32)31-28(22-16-17-22)20-10-4-2-5-11-20)23-14-8-9-15-26(23)30-29(25)21-12-6-3-7-13-21/h2-15,22,28H,16-19H2,1H3,(H,31,32). The van der Waals surface area contributed by atoms with Crippen molar-refractivity contribution in [3.63, 3.8) is 0 Å². The topological polar surface area (TPSA) is 42.0 Å². The highest BCUT2D eigenvalue weighted by molar-refractivity contribution is 7.97. The summed E-state index contributed by atoms with van der Waals surface area (Å²) in [5.74, 6) is 1.43. The van der Waals surface area contributed by atoms with E-state index in [9.17, 15) is 4.79 Å². The van der Waals surface area contributed by atoms with Crippen LogP contribution in [0.4, 0.5) is 0 Å². The third-order valence-electron chi connectivity index (χ3n) is 6.35. The molecule has 0 aliphatic heterocycles. The highest BCUT2D eigenvalue weighted by Crippen LogP contribution is 2.41.